The number of halogens is 1. The fraction of sp³-hybridized carbons (Fsp3) is 0.0400. The summed E-state index contributed by atoms with van der Waals surface area (Å²) in [5, 5.41) is 12.1. The van der Waals surface area contributed by atoms with E-state index in [2.05, 4.69) is 31.3 Å². The highest BCUT2D eigenvalue weighted by Crippen LogP contribution is 2.24. The third kappa shape index (κ3) is 5.65. The molecule has 3 aromatic carbocycles. The first-order chi connectivity index (χ1) is 18.2. The van der Waals surface area contributed by atoms with Crippen LogP contribution in [0.15, 0.2) is 87.0 Å². The highest BCUT2D eigenvalue weighted by atomic mass is 79.9. The third-order valence-electron chi connectivity index (χ3n) is 5.30. The molecular weight excluding hydrogens is 594 g/mol. The van der Waals surface area contributed by atoms with Gasteiger partial charge in [0.15, 0.2) is 12.4 Å². The molecule has 0 radical (unpaired) electrons. The van der Waals surface area contributed by atoms with Gasteiger partial charge in [-0.3, -0.25) is 9.59 Å². The van der Waals surface area contributed by atoms with E-state index in [0.29, 0.717) is 32.3 Å². The zero-order valence-corrected chi connectivity index (χ0v) is 22.6. The van der Waals surface area contributed by atoms with Gasteiger partial charge in [0.2, 0.25) is 15.0 Å². The maximum absolute atomic E-state index is 13.0. The number of fused-ring (bicyclic) bond motifs is 1. The largest absolute Gasteiger partial charge is 0.483 e. The molecule has 0 saturated carbocycles. The van der Waals surface area contributed by atoms with Crippen LogP contribution in [0.2, 0.25) is 0 Å². The van der Waals surface area contributed by atoms with Crippen LogP contribution in [-0.4, -0.2) is 35.5 Å². The summed E-state index contributed by atoms with van der Waals surface area (Å²) < 4.78 is 30.9. The second-order valence-electron chi connectivity index (χ2n) is 8.00. The molecule has 0 bridgehead atoms. The fourth-order valence-corrected chi connectivity index (χ4v) is 5.31. The Morgan fingerprint density at radius 3 is 2.53 bits per heavy atom. The van der Waals surface area contributed by atoms with Crippen LogP contribution in [0.25, 0.3) is 22.4 Å². The van der Waals surface area contributed by atoms with E-state index in [1.807, 2.05) is 30.3 Å². The molecule has 13 heteroatoms. The molecular formula is C25H18BrN5O5S2. The quantitative estimate of drug-likeness (QED) is 0.288. The van der Waals surface area contributed by atoms with Crippen molar-refractivity contribution < 1.29 is 17.9 Å². The number of nitrogens with two attached hydrogens (primary N) is 1. The number of primary sulfonamides is 1. The second-order valence-corrected chi connectivity index (χ2v) is 11.5. The summed E-state index contributed by atoms with van der Waals surface area (Å²) in [6.45, 7) is -0.320. The Kier molecular flexibility index (Phi) is 7.08. The molecule has 0 spiro atoms. The predicted molar refractivity (Wildman–Crippen MR) is 147 cm³/mol. The topological polar surface area (TPSA) is 146 Å². The summed E-state index contributed by atoms with van der Waals surface area (Å²) in [7, 11) is -3.83. The van der Waals surface area contributed by atoms with Crippen LogP contribution >= 0.6 is 27.3 Å². The minimum Gasteiger partial charge on any atom is -0.483 e. The number of amides is 1. The third-order valence-corrected chi connectivity index (χ3v) is 7.68. The van der Waals surface area contributed by atoms with E-state index < -0.39 is 15.9 Å². The molecule has 0 aliphatic rings. The van der Waals surface area contributed by atoms with Gasteiger partial charge < -0.3 is 10.1 Å². The molecule has 0 unspecified atom stereocenters. The number of anilines is 1. The van der Waals surface area contributed by atoms with Crippen molar-refractivity contribution in [3.8, 4) is 17.1 Å². The lowest BCUT2D eigenvalue weighted by Crippen LogP contribution is -2.24. The lowest BCUT2D eigenvalue weighted by molar-refractivity contribution is -0.118. The van der Waals surface area contributed by atoms with E-state index in [9.17, 15) is 18.0 Å². The molecule has 0 saturated heterocycles. The van der Waals surface area contributed by atoms with E-state index in [0.717, 1.165) is 10.0 Å². The fourth-order valence-electron chi connectivity index (χ4n) is 3.52. The summed E-state index contributed by atoms with van der Waals surface area (Å²) in [4.78, 5) is 30.3. The van der Waals surface area contributed by atoms with Crippen LogP contribution in [-0.2, 0) is 14.8 Å². The van der Waals surface area contributed by atoms with Crippen molar-refractivity contribution >= 4 is 59.9 Å². The van der Waals surface area contributed by atoms with Gasteiger partial charge in [-0.1, -0.05) is 57.6 Å². The molecule has 192 valence electrons. The number of benzene rings is 3. The summed E-state index contributed by atoms with van der Waals surface area (Å²) in [5.74, 6) is 0.396. The van der Waals surface area contributed by atoms with Crippen LogP contribution in [0.4, 0.5) is 5.69 Å². The zero-order chi connectivity index (χ0) is 26.9. The van der Waals surface area contributed by atoms with Gasteiger partial charge in [0, 0.05) is 21.3 Å². The molecule has 38 heavy (non-hydrogen) atoms. The number of nitrogens with zero attached hydrogens (tertiary/aromatic N) is 3. The molecule has 0 fully saturated rings. The normalized spacial score (nSPS) is 12.1. The summed E-state index contributed by atoms with van der Waals surface area (Å²) in [5.41, 5.74) is 1.46. The standard InChI is InChI=1S/C25H18BrN5O5S2/c26-17-6-11-20(36-14-22(32)28-18-7-9-19(10-8-18)38(27,34)35)16(12-17)13-21-24(33)31-25(37-21)29-23(30-31)15-4-2-1-3-5-15/h1-13H,14H2,(H,28,32)(H2,27,34,35)/b21-13-. The van der Waals surface area contributed by atoms with Gasteiger partial charge in [-0.25, -0.2) is 13.6 Å². The van der Waals surface area contributed by atoms with Crippen LogP contribution in [0.5, 0.6) is 5.75 Å². The average Bonchev–Trinajstić information content (AvgIpc) is 3.43. The molecule has 5 rings (SSSR count). The summed E-state index contributed by atoms with van der Waals surface area (Å²) >= 11 is 4.62. The van der Waals surface area contributed by atoms with Crippen molar-refractivity contribution in [2.24, 2.45) is 5.14 Å². The number of hydrogen-bond acceptors (Lipinski definition) is 8. The smallest absolute Gasteiger partial charge is 0.291 e. The van der Waals surface area contributed by atoms with Gasteiger partial charge in [0.1, 0.15) is 5.75 Å². The minimum atomic E-state index is -3.83. The van der Waals surface area contributed by atoms with E-state index in [1.165, 1.54) is 40.1 Å². The monoisotopic (exact) mass is 611 g/mol. The Morgan fingerprint density at radius 2 is 1.84 bits per heavy atom. The van der Waals surface area contributed by atoms with Gasteiger partial charge in [-0.15, -0.1) is 5.10 Å². The van der Waals surface area contributed by atoms with E-state index >= 15 is 0 Å². The maximum Gasteiger partial charge on any atom is 0.291 e. The minimum absolute atomic E-state index is 0.0629. The lowest BCUT2D eigenvalue weighted by Gasteiger charge is -2.10. The molecule has 2 aromatic heterocycles. The van der Waals surface area contributed by atoms with Gasteiger partial charge in [0.25, 0.3) is 11.5 Å². The Morgan fingerprint density at radius 1 is 1.11 bits per heavy atom. The maximum atomic E-state index is 13.0. The van der Waals surface area contributed by atoms with Crippen molar-refractivity contribution in [2.75, 3.05) is 11.9 Å². The zero-order valence-electron chi connectivity index (χ0n) is 19.4. The highest BCUT2D eigenvalue weighted by Gasteiger charge is 2.14. The summed E-state index contributed by atoms with van der Waals surface area (Å²) in [6, 6.07) is 20.0. The van der Waals surface area contributed by atoms with Crippen molar-refractivity contribution in [1.82, 2.24) is 14.6 Å². The van der Waals surface area contributed by atoms with E-state index in [4.69, 9.17) is 9.88 Å². The average molecular weight is 612 g/mol. The molecule has 0 atom stereocenters. The molecule has 1 amide bonds. The van der Waals surface area contributed by atoms with Gasteiger partial charge in [-0.05, 0) is 48.5 Å². The number of rotatable bonds is 7. The van der Waals surface area contributed by atoms with Crippen molar-refractivity contribution in [2.45, 2.75) is 4.90 Å². The SMILES string of the molecule is NS(=O)(=O)c1ccc(NC(=O)COc2ccc(Br)cc2/C=c2\sc3nc(-c4ccccc4)nn3c2=O)cc1. The first kappa shape index (κ1) is 25.7. The molecule has 3 N–H and O–H groups in total. The number of nitrogens with one attached hydrogen (secondary N) is 1. The predicted octanol–water partition coefficient (Wildman–Crippen LogP) is 2.79. The van der Waals surface area contributed by atoms with Crippen molar-refractivity contribution in [3.05, 3.63) is 97.7 Å². The first-order valence-electron chi connectivity index (χ1n) is 11.0. The number of aromatic nitrogens is 3. The lowest BCUT2D eigenvalue weighted by atomic mass is 10.2. The Bertz CT molecular complexity index is 1870. The van der Waals surface area contributed by atoms with Gasteiger partial charge in [-0.2, -0.15) is 9.50 Å². The Labute approximate surface area is 228 Å². The van der Waals surface area contributed by atoms with E-state index in [-0.39, 0.29) is 17.1 Å². The number of hydrogen-bond donors (Lipinski definition) is 2. The number of carbonyl (C=O) groups is 1. The highest BCUT2D eigenvalue weighted by molar-refractivity contribution is 9.10. The number of ether oxygens (including phenoxy) is 1. The molecule has 0 aliphatic carbocycles. The van der Waals surface area contributed by atoms with Crippen molar-refractivity contribution in [1.29, 1.82) is 0 Å². The molecule has 2 heterocycles. The van der Waals surface area contributed by atoms with Crippen LogP contribution in [0.3, 0.4) is 0 Å². The number of carbonyl (C=O) groups excluding carboxylic acids is 1. The molecule has 10 nitrogen and oxygen atoms in total. The van der Waals surface area contributed by atoms with Gasteiger partial charge >= 0.3 is 0 Å². The molecule has 5 aromatic rings. The van der Waals surface area contributed by atoms with Crippen LogP contribution in [0, 0.1) is 0 Å². The van der Waals surface area contributed by atoms with E-state index in [1.54, 1.807) is 24.3 Å². The summed E-state index contributed by atoms with van der Waals surface area (Å²) in [6.07, 6.45) is 1.66. The van der Waals surface area contributed by atoms with Crippen LogP contribution < -0.4 is 25.3 Å². The Hall–Kier alpha value is -3.91. The van der Waals surface area contributed by atoms with Crippen molar-refractivity contribution in [3.63, 3.8) is 0 Å². The second kappa shape index (κ2) is 10.5. The molecule has 0 aliphatic heterocycles. The van der Waals surface area contributed by atoms with Crippen LogP contribution in [0.1, 0.15) is 5.56 Å². The Balaban J connectivity index is 1.35. The first-order valence-corrected chi connectivity index (χ1v) is 14.1. The van der Waals surface area contributed by atoms with Gasteiger partial charge in [0.05, 0.1) is 9.43 Å². The number of sulfonamides is 1. The number of thiazole rings is 1.